The first-order valence-electron chi connectivity index (χ1n) is 14.6. The number of amides is 1. The minimum atomic E-state index is 0.0840. The third-order valence-corrected chi connectivity index (χ3v) is 8.95. The average Bonchev–Trinajstić information content (AvgIpc) is 3.72. The van der Waals surface area contributed by atoms with Crippen LogP contribution < -0.4 is 9.47 Å². The Labute approximate surface area is 259 Å². The lowest BCUT2D eigenvalue weighted by Crippen LogP contribution is -2.52. The molecule has 1 saturated heterocycles. The first-order valence-corrected chi connectivity index (χ1v) is 15.4. The van der Waals surface area contributed by atoms with Gasteiger partial charge in [-0.3, -0.25) is 4.79 Å². The van der Waals surface area contributed by atoms with Gasteiger partial charge in [0.1, 0.15) is 34.4 Å². The molecule has 1 atom stereocenters. The Balaban J connectivity index is 1.09. The molecule has 44 heavy (non-hydrogen) atoms. The van der Waals surface area contributed by atoms with Crippen molar-refractivity contribution in [3.63, 3.8) is 0 Å². The predicted octanol–water partition coefficient (Wildman–Crippen LogP) is 6.54. The van der Waals surface area contributed by atoms with Gasteiger partial charge in [-0.2, -0.15) is 5.10 Å². The summed E-state index contributed by atoms with van der Waals surface area (Å²) in [6.45, 7) is 6.92. The van der Waals surface area contributed by atoms with Gasteiger partial charge in [0.05, 0.1) is 13.3 Å². The van der Waals surface area contributed by atoms with Crippen molar-refractivity contribution in [2.24, 2.45) is 0 Å². The second-order valence-corrected chi connectivity index (χ2v) is 12.4. The van der Waals surface area contributed by atoms with Crippen molar-refractivity contribution < 1.29 is 18.7 Å². The summed E-state index contributed by atoms with van der Waals surface area (Å²) in [6.07, 6.45) is 1.88. The molecule has 0 bridgehead atoms. The summed E-state index contributed by atoms with van der Waals surface area (Å²) in [7, 11) is 3.74. The Morgan fingerprint density at radius 2 is 1.89 bits per heavy atom. The van der Waals surface area contributed by atoms with Gasteiger partial charge in [-0.15, -0.1) is 0 Å². The Bertz CT molecular complexity index is 1940. The van der Waals surface area contributed by atoms with Gasteiger partial charge in [-0.05, 0) is 68.4 Å². The molecule has 0 radical (unpaired) electrons. The number of methoxy groups -OCH3 is 1. The molecule has 0 unspecified atom stereocenters. The third-order valence-electron chi connectivity index (χ3n) is 8.11. The van der Waals surface area contributed by atoms with Crippen molar-refractivity contribution in [1.82, 2.24) is 24.4 Å². The number of furan rings is 1. The number of ether oxygens (including phenoxy) is 2. The SMILES string of the molecule is COc1cc(COc2cccc(-c3ccc(C(=O)N4CCN(C)C[C@@H]4C)cc3)c2)c2cc(-c3cn4nc(C)sc4n3)oc2c1. The molecule has 0 N–H and O–H groups in total. The van der Waals surface area contributed by atoms with E-state index in [1.165, 1.54) is 11.3 Å². The van der Waals surface area contributed by atoms with Crippen LogP contribution in [0.4, 0.5) is 0 Å². The molecule has 6 aromatic rings. The number of piperazine rings is 1. The van der Waals surface area contributed by atoms with Gasteiger partial charge >= 0.3 is 0 Å². The minimum absolute atomic E-state index is 0.0840. The highest BCUT2D eigenvalue weighted by Gasteiger charge is 2.26. The fraction of sp³-hybridized carbons (Fsp3) is 0.265. The lowest BCUT2D eigenvalue weighted by atomic mass is 10.0. The van der Waals surface area contributed by atoms with Crippen molar-refractivity contribution in [2.75, 3.05) is 33.8 Å². The maximum atomic E-state index is 13.2. The lowest BCUT2D eigenvalue weighted by molar-refractivity contribution is 0.0533. The number of hydrogen-bond donors (Lipinski definition) is 0. The van der Waals surface area contributed by atoms with Crippen molar-refractivity contribution >= 4 is 33.2 Å². The molecule has 10 heteroatoms. The average molecular weight is 608 g/mol. The molecule has 1 amide bonds. The molecule has 4 heterocycles. The zero-order valence-electron chi connectivity index (χ0n) is 25.1. The standard InChI is InChI=1S/C34H33N5O4S/c1-21-18-37(3)12-13-38(21)33(40)24-10-8-23(9-11-24)25-6-5-7-27(14-25)42-20-26-15-28(41-4)16-31-29(26)17-32(43-31)30-19-39-34(35-30)44-22(2)36-39/h5-11,14-17,19,21H,12-13,18,20H2,1-4H3/t21-/m0/s1. The van der Waals surface area contributed by atoms with Crippen LogP contribution in [0.15, 0.2) is 77.3 Å². The smallest absolute Gasteiger partial charge is 0.254 e. The maximum Gasteiger partial charge on any atom is 0.254 e. The number of hydrogen-bond acceptors (Lipinski definition) is 8. The molecule has 9 nitrogen and oxygen atoms in total. The van der Waals surface area contributed by atoms with Gasteiger partial charge in [-0.25, -0.2) is 9.50 Å². The quantitative estimate of drug-likeness (QED) is 0.204. The van der Waals surface area contributed by atoms with Crippen LogP contribution in [0.1, 0.15) is 27.9 Å². The normalized spacial score (nSPS) is 15.7. The van der Waals surface area contributed by atoms with Crippen molar-refractivity contribution in [3.8, 4) is 34.1 Å². The molecule has 0 saturated carbocycles. The van der Waals surface area contributed by atoms with E-state index < -0.39 is 0 Å². The number of aromatic nitrogens is 3. The molecule has 0 aliphatic carbocycles. The van der Waals surface area contributed by atoms with E-state index in [9.17, 15) is 4.79 Å². The van der Waals surface area contributed by atoms with Crippen molar-refractivity contribution in [2.45, 2.75) is 26.5 Å². The van der Waals surface area contributed by atoms with Gasteiger partial charge in [-0.1, -0.05) is 35.6 Å². The van der Waals surface area contributed by atoms with Crippen molar-refractivity contribution in [1.29, 1.82) is 0 Å². The second kappa shape index (κ2) is 11.4. The van der Waals surface area contributed by atoms with Gasteiger partial charge in [0.15, 0.2) is 5.76 Å². The fourth-order valence-corrected chi connectivity index (χ4v) is 6.53. The highest BCUT2D eigenvalue weighted by Crippen LogP contribution is 2.34. The van der Waals surface area contributed by atoms with E-state index in [2.05, 4.69) is 29.0 Å². The summed E-state index contributed by atoms with van der Waals surface area (Å²) in [5.74, 6) is 2.18. The lowest BCUT2D eigenvalue weighted by Gasteiger charge is -2.38. The van der Waals surface area contributed by atoms with Crippen LogP contribution in [0.2, 0.25) is 0 Å². The van der Waals surface area contributed by atoms with E-state index in [0.717, 1.165) is 63.1 Å². The number of aryl methyl sites for hydroxylation is 1. The predicted molar refractivity (Wildman–Crippen MR) is 172 cm³/mol. The summed E-state index contributed by atoms with van der Waals surface area (Å²) < 4.78 is 19.8. The number of benzene rings is 3. The molecule has 0 spiro atoms. The molecule has 3 aromatic carbocycles. The van der Waals surface area contributed by atoms with Crippen LogP contribution in [0.5, 0.6) is 11.5 Å². The van der Waals surface area contributed by atoms with Gasteiger partial charge in [0.2, 0.25) is 4.96 Å². The molecule has 7 rings (SSSR count). The Hall–Kier alpha value is -4.67. The number of nitrogens with zero attached hydrogens (tertiary/aromatic N) is 5. The first kappa shape index (κ1) is 28.1. The van der Waals surface area contributed by atoms with Crippen LogP contribution in [-0.4, -0.2) is 70.1 Å². The molecule has 224 valence electrons. The van der Waals surface area contributed by atoms with Crippen LogP contribution in [-0.2, 0) is 6.61 Å². The number of imidazole rings is 1. The summed E-state index contributed by atoms with van der Waals surface area (Å²) >= 11 is 1.54. The topological polar surface area (TPSA) is 85.3 Å². The van der Waals surface area contributed by atoms with Crippen LogP contribution in [0.25, 0.3) is 38.5 Å². The van der Waals surface area contributed by atoms with E-state index in [1.807, 2.05) is 84.8 Å². The van der Waals surface area contributed by atoms with Gasteiger partial charge in [0.25, 0.3) is 5.91 Å². The summed E-state index contributed by atoms with van der Waals surface area (Å²) in [5.41, 5.74) is 5.11. The molecule has 1 aliphatic rings. The Morgan fingerprint density at radius 1 is 1.05 bits per heavy atom. The van der Waals surface area contributed by atoms with Gasteiger partial charge in [0, 0.05) is 48.3 Å². The summed E-state index contributed by atoms with van der Waals surface area (Å²) in [4.78, 5) is 22.9. The molecular weight excluding hydrogens is 574 g/mol. The largest absolute Gasteiger partial charge is 0.497 e. The third kappa shape index (κ3) is 5.42. The zero-order chi connectivity index (χ0) is 30.4. The Kier molecular flexibility index (Phi) is 7.31. The molecular formula is C34H33N5O4S. The number of fused-ring (bicyclic) bond motifs is 2. The fourth-order valence-electron chi connectivity index (χ4n) is 5.80. The van der Waals surface area contributed by atoms with E-state index in [-0.39, 0.29) is 11.9 Å². The van der Waals surface area contributed by atoms with E-state index >= 15 is 0 Å². The maximum absolute atomic E-state index is 13.2. The highest BCUT2D eigenvalue weighted by atomic mass is 32.1. The molecule has 3 aromatic heterocycles. The molecule has 1 fully saturated rings. The summed E-state index contributed by atoms with van der Waals surface area (Å²) in [6, 6.07) is 21.9. The number of likely N-dealkylation sites (N-methyl/N-ethyl adjacent to an activating group) is 1. The zero-order valence-corrected chi connectivity index (χ0v) is 25.9. The molecule has 1 aliphatic heterocycles. The van der Waals surface area contributed by atoms with E-state index in [1.54, 1.807) is 11.6 Å². The van der Waals surface area contributed by atoms with Crippen LogP contribution in [0.3, 0.4) is 0 Å². The van der Waals surface area contributed by atoms with Crippen molar-refractivity contribution in [3.05, 3.63) is 89.1 Å². The minimum Gasteiger partial charge on any atom is -0.497 e. The van der Waals surface area contributed by atoms with Gasteiger partial charge < -0.3 is 23.7 Å². The van der Waals surface area contributed by atoms with E-state index in [4.69, 9.17) is 13.9 Å². The second-order valence-electron chi connectivity index (χ2n) is 11.3. The number of carbonyl (C=O) groups is 1. The Morgan fingerprint density at radius 3 is 2.66 bits per heavy atom. The number of rotatable bonds is 7. The van der Waals surface area contributed by atoms with Crippen LogP contribution >= 0.6 is 11.3 Å². The highest BCUT2D eigenvalue weighted by molar-refractivity contribution is 7.16. The van der Waals surface area contributed by atoms with E-state index in [0.29, 0.717) is 29.3 Å². The summed E-state index contributed by atoms with van der Waals surface area (Å²) in [5, 5.41) is 6.35. The monoisotopic (exact) mass is 607 g/mol. The van der Waals surface area contributed by atoms with Crippen LogP contribution in [0, 0.1) is 6.92 Å². The first-order chi connectivity index (χ1) is 21.3. The number of carbonyl (C=O) groups excluding carboxylic acids is 1.